The van der Waals surface area contributed by atoms with E-state index in [9.17, 15) is 22.8 Å². The van der Waals surface area contributed by atoms with Crippen LogP contribution in [-0.4, -0.2) is 30.3 Å². The summed E-state index contributed by atoms with van der Waals surface area (Å²) in [5.74, 6) is -2.26. The van der Waals surface area contributed by atoms with Crippen molar-refractivity contribution in [2.45, 2.75) is 64.3 Å². The number of esters is 2. The van der Waals surface area contributed by atoms with Crippen molar-refractivity contribution >= 4 is 11.9 Å². The van der Waals surface area contributed by atoms with E-state index in [0.29, 0.717) is 12.8 Å². The molecule has 1 rings (SSSR count). The maximum atomic E-state index is 12.5. The molecule has 0 aromatic rings. The Bertz CT molecular complexity index is 425. The lowest BCUT2D eigenvalue weighted by molar-refractivity contribution is -0.223. The molecule has 7 heteroatoms. The van der Waals surface area contributed by atoms with Gasteiger partial charge < -0.3 is 9.47 Å². The summed E-state index contributed by atoms with van der Waals surface area (Å²) in [5.41, 5.74) is 0.0810. The van der Waals surface area contributed by atoms with Crippen LogP contribution in [-0.2, 0) is 19.1 Å². The Labute approximate surface area is 127 Å². The second kappa shape index (κ2) is 7.65. The van der Waals surface area contributed by atoms with Gasteiger partial charge >= 0.3 is 18.1 Å². The van der Waals surface area contributed by atoms with Crippen molar-refractivity contribution in [3.8, 4) is 0 Å². The van der Waals surface area contributed by atoms with Gasteiger partial charge in [0.2, 0.25) is 6.10 Å². The molecule has 0 aromatic heterocycles. The lowest BCUT2D eigenvalue weighted by Crippen LogP contribution is -2.41. The van der Waals surface area contributed by atoms with E-state index >= 15 is 0 Å². The van der Waals surface area contributed by atoms with Gasteiger partial charge in [-0.05, 0) is 26.7 Å². The molecule has 0 radical (unpaired) electrons. The third kappa shape index (κ3) is 5.35. The highest BCUT2D eigenvalue weighted by molar-refractivity contribution is 5.89. The lowest BCUT2D eigenvalue weighted by atomic mass is 9.85. The minimum atomic E-state index is -4.65. The molecule has 0 spiro atoms. The fourth-order valence-electron chi connectivity index (χ4n) is 2.30. The summed E-state index contributed by atoms with van der Waals surface area (Å²) in [6, 6.07) is 0. The first-order valence-electron chi connectivity index (χ1n) is 7.26. The van der Waals surface area contributed by atoms with Crippen molar-refractivity contribution in [3.63, 3.8) is 0 Å². The van der Waals surface area contributed by atoms with Gasteiger partial charge in [0.15, 0.2) is 6.10 Å². The molecule has 1 aliphatic carbocycles. The van der Waals surface area contributed by atoms with E-state index in [-0.39, 0.29) is 11.5 Å². The molecule has 1 aliphatic rings. The van der Waals surface area contributed by atoms with Crippen LogP contribution in [0.2, 0.25) is 0 Å². The highest BCUT2D eigenvalue weighted by Crippen LogP contribution is 2.30. The zero-order valence-corrected chi connectivity index (χ0v) is 12.7. The summed E-state index contributed by atoms with van der Waals surface area (Å²) < 4.78 is 47.0. The second-order valence-electron chi connectivity index (χ2n) is 5.63. The van der Waals surface area contributed by atoms with Crippen molar-refractivity contribution in [1.29, 1.82) is 0 Å². The Kier molecular flexibility index (Phi) is 6.44. The van der Waals surface area contributed by atoms with Crippen molar-refractivity contribution in [1.82, 2.24) is 0 Å². The Morgan fingerprint density at radius 1 is 1.14 bits per heavy atom. The van der Waals surface area contributed by atoms with E-state index < -0.39 is 30.3 Å². The maximum Gasteiger partial charge on any atom is 0.425 e. The zero-order valence-electron chi connectivity index (χ0n) is 12.7. The Balaban J connectivity index is 2.81. The van der Waals surface area contributed by atoms with E-state index in [1.54, 1.807) is 0 Å². The number of hydrogen-bond donors (Lipinski definition) is 0. The van der Waals surface area contributed by atoms with Gasteiger partial charge in [0, 0.05) is 11.5 Å². The number of carbonyl (C=O) groups excluding carboxylic acids is 2. The summed E-state index contributed by atoms with van der Waals surface area (Å²) in [5, 5.41) is 0. The summed E-state index contributed by atoms with van der Waals surface area (Å²) in [6.07, 6.45) is -4.30. The van der Waals surface area contributed by atoms with E-state index in [4.69, 9.17) is 4.74 Å². The maximum absolute atomic E-state index is 12.5. The smallest absolute Gasteiger partial charge is 0.425 e. The molecule has 0 bridgehead atoms. The summed E-state index contributed by atoms with van der Waals surface area (Å²) in [6.45, 7) is 5.56. The minimum absolute atomic E-state index is 0.0810. The van der Waals surface area contributed by atoms with Crippen LogP contribution >= 0.6 is 0 Å². The molecule has 22 heavy (non-hydrogen) atoms. The average Bonchev–Trinajstić information content (AvgIpc) is 2.43. The molecule has 0 aliphatic heterocycles. The highest BCUT2D eigenvalue weighted by Gasteiger charge is 2.42. The normalized spacial score (nSPS) is 19.1. The van der Waals surface area contributed by atoms with E-state index in [2.05, 4.69) is 11.3 Å². The molecular formula is C15H21F3O4. The van der Waals surface area contributed by atoms with Crippen LogP contribution in [0.4, 0.5) is 13.2 Å². The van der Waals surface area contributed by atoms with Gasteiger partial charge in [-0.3, -0.25) is 0 Å². The number of ether oxygens (including phenoxy) is 2. The molecule has 0 aromatic carbocycles. The summed E-state index contributed by atoms with van der Waals surface area (Å²) >= 11 is 0. The first kappa shape index (κ1) is 18.5. The molecule has 2 unspecified atom stereocenters. The first-order chi connectivity index (χ1) is 10.1. The zero-order chi connectivity index (χ0) is 16.9. The van der Waals surface area contributed by atoms with Crippen LogP contribution < -0.4 is 0 Å². The number of halogens is 3. The van der Waals surface area contributed by atoms with Crippen molar-refractivity contribution in [2.24, 2.45) is 5.92 Å². The molecule has 0 saturated heterocycles. The minimum Gasteiger partial charge on any atom is -0.450 e. The van der Waals surface area contributed by atoms with E-state index in [1.807, 2.05) is 0 Å². The fraction of sp³-hybridized carbons (Fsp3) is 0.733. The number of hydrogen-bond acceptors (Lipinski definition) is 4. The van der Waals surface area contributed by atoms with Gasteiger partial charge in [0.05, 0.1) is 0 Å². The average molecular weight is 322 g/mol. The molecule has 0 N–H and O–H groups in total. The SMILES string of the molecule is C=C(C)C(=O)OC(C(=O)OC(C)C(F)(F)F)C1CCCCC1. The third-order valence-electron chi connectivity index (χ3n) is 3.65. The third-order valence-corrected chi connectivity index (χ3v) is 3.65. The molecule has 4 nitrogen and oxygen atoms in total. The quantitative estimate of drug-likeness (QED) is 0.574. The largest absolute Gasteiger partial charge is 0.450 e. The van der Waals surface area contributed by atoms with Crippen molar-refractivity contribution in [2.75, 3.05) is 0 Å². The molecule has 126 valence electrons. The Morgan fingerprint density at radius 2 is 1.68 bits per heavy atom. The van der Waals surface area contributed by atoms with Crippen LogP contribution in [0.15, 0.2) is 12.2 Å². The summed E-state index contributed by atoms with van der Waals surface area (Å²) in [4.78, 5) is 23.7. The molecule has 1 fully saturated rings. The second-order valence-corrected chi connectivity index (χ2v) is 5.63. The predicted molar refractivity (Wildman–Crippen MR) is 72.9 cm³/mol. The summed E-state index contributed by atoms with van der Waals surface area (Å²) in [7, 11) is 0. The highest BCUT2D eigenvalue weighted by atomic mass is 19.4. The topological polar surface area (TPSA) is 52.6 Å². The molecule has 1 saturated carbocycles. The van der Waals surface area contributed by atoms with Gasteiger partial charge in [-0.15, -0.1) is 0 Å². The number of carbonyl (C=O) groups is 2. The van der Waals surface area contributed by atoms with Crippen molar-refractivity contribution < 1.29 is 32.2 Å². The van der Waals surface area contributed by atoms with Gasteiger partial charge in [-0.1, -0.05) is 25.8 Å². The predicted octanol–water partition coefficient (Wildman–Crippen LogP) is 3.55. The van der Waals surface area contributed by atoms with Crippen LogP contribution in [0, 0.1) is 5.92 Å². The van der Waals surface area contributed by atoms with Crippen LogP contribution in [0.3, 0.4) is 0 Å². The van der Waals surface area contributed by atoms with Crippen LogP contribution in [0.25, 0.3) is 0 Å². The van der Waals surface area contributed by atoms with Gasteiger partial charge in [-0.2, -0.15) is 13.2 Å². The Hall–Kier alpha value is -1.53. The van der Waals surface area contributed by atoms with Gasteiger partial charge in [0.25, 0.3) is 0 Å². The van der Waals surface area contributed by atoms with E-state index in [0.717, 1.165) is 26.2 Å². The fourth-order valence-corrected chi connectivity index (χ4v) is 2.30. The van der Waals surface area contributed by atoms with Gasteiger partial charge in [-0.25, -0.2) is 9.59 Å². The monoisotopic (exact) mass is 322 g/mol. The molecular weight excluding hydrogens is 301 g/mol. The standard InChI is InChI=1S/C15H21F3O4/c1-9(2)13(19)22-12(11-7-5-4-6-8-11)14(20)21-10(3)15(16,17)18/h10-12H,1,4-8H2,2-3H3. The Morgan fingerprint density at radius 3 is 2.14 bits per heavy atom. The molecule has 0 heterocycles. The van der Waals surface area contributed by atoms with Crippen LogP contribution in [0.5, 0.6) is 0 Å². The molecule has 2 atom stereocenters. The van der Waals surface area contributed by atoms with Crippen LogP contribution in [0.1, 0.15) is 46.0 Å². The van der Waals surface area contributed by atoms with Gasteiger partial charge in [0.1, 0.15) is 0 Å². The molecule has 0 amide bonds. The van der Waals surface area contributed by atoms with Crippen molar-refractivity contribution in [3.05, 3.63) is 12.2 Å². The number of alkyl halides is 3. The first-order valence-corrected chi connectivity index (χ1v) is 7.26. The van der Waals surface area contributed by atoms with E-state index in [1.165, 1.54) is 6.92 Å². The lowest BCUT2D eigenvalue weighted by Gasteiger charge is -2.29. The number of rotatable bonds is 5.